The van der Waals surface area contributed by atoms with Crippen LogP contribution in [-0.4, -0.2) is 121 Å². The Labute approximate surface area is 139 Å². The number of hydrogen-bond acceptors (Lipinski definition) is 0. The minimum absolute atomic E-state index is 0. The molecule has 0 saturated carbocycles. The van der Waals surface area contributed by atoms with E-state index in [-0.39, 0.29) is 140 Å². The first-order chi connectivity index (χ1) is 0. The molecule has 29 valence electrons. The predicted molar refractivity (Wildman–Crippen MR) is 69.0 cm³/mol. The first kappa shape index (κ1) is 489. The molecule has 0 unspecified atom stereocenters. The van der Waals surface area contributed by atoms with Gasteiger partial charge in [0.2, 0.25) is 0 Å². The van der Waals surface area contributed by atoms with Crippen molar-refractivity contribution in [1.82, 2.24) is 0 Å². The van der Waals surface area contributed by atoms with Crippen molar-refractivity contribution >= 4 is 121 Å². The molecule has 0 atom stereocenters. The van der Waals surface area contributed by atoms with E-state index in [1.54, 1.807) is 0 Å². The van der Waals surface area contributed by atoms with Gasteiger partial charge in [-0.15, -0.1) is 0 Å². The zero-order valence-electron chi connectivity index (χ0n) is 8.93. The Balaban J connectivity index is 0. The van der Waals surface area contributed by atoms with E-state index in [0.29, 0.717) is 0 Å². The summed E-state index contributed by atoms with van der Waals surface area (Å²) in [6.45, 7) is 0. The molecule has 0 fully saturated rings. The quantitative estimate of drug-likeness (QED) is 0.312. The van der Waals surface area contributed by atoms with Crippen molar-refractivity contribution in [3.8, 4) is 0 Å². The Hall–Kier alpha value is 2.61. The molecular formula is Be12V. The largest absolute Gasteiger partial charge is 0 e. The van der Waals surface area contributed by atoms with Crippen LogP contribution in [0.15, 0.2) is 0 Å². The molecular weight excluding hydrogens is 159 g/mol. The molecule has 0 spiro atoms. The van der Waals surface area contributed by atoms with Crippen LogP contribution in [0.3, 0.4) is 0 Å². The van der Waals surface area contributed by atoms with Crippen LogP contribution in [-0.2, 0) is 18.6 Å². The maximum Gasteiger partial charge on any atom is 0 e. The number of hydrogen-bond donors (Lipinski definition) is 0. The van der Waals surface area contributed by atoms with Crippen LogP contribution < -0.4 is 0 Å². The van der Waals surface area contributed by atoms with Crippen molar-refractivity contribution < 1.29 is 18.6 Å². The van der Waals surface area contributed by atoms with E-state index in [1.165, 1.54) is 0 Å². The first-order valence-corrected chi connectivity index (χ1v) is 0. The molecule has 0 amide bonds. The summed E-state index contributed by atoms with van der Waals surface area (Å²) in [4.78, 5) is 0. The van der Waals surface area contributed by atoms with Gasteiger partial charge in [0.25, 0.3) is 0 Å². The second kappa shape index (κ2) is 397. The normalized spacial score (nSPS) is 0. The van der Waals surface area contributed by atoms with Gasteiger partial charge in [-0.25, -0.2) is 0 Å². The predicted octanol–water partition coefficient (Wildman–Crippen LogP) is -4.57. The van der Waals surface area contributed by atoms with Gasteiger partial charge in [-0.2, -0.15) is 0 Å². The molecule has 0 saturated heterocycles. The molecule has 0 rings (SSSR count). The third kappa shape index (κ3) is 341. The van der Waals surface area contributed by atoms with Crippen LogP contribution in [0.25, 0.3) is 0 Å². The molecule has 0 aromatic rings. The van der Waals surface area contributed by atoms with Crippen LogP contribution in [0, 0.1) is 0 Å². The third-order valence-corrected chi connectivity index (χ3v) is 0. The van der Waals surface area contributed by atoms with Crippen LogP contribution in [0.5, 0.6) is 0 Å². The maximum atomic E-state index is 0. The van der Waals surface area contributed by atoms with Gasteiger partial charge in [0.05, 0.1) is 0 Å². The molecule has 25 radical (unpaired) electrons. The molecule has 13 heavy (non-hydrogen) atoms. The molecule has 13 heteroatoms. The van der Waals surface area contributed by atoms with E-state index in [9.17, 15) is 0 Å². The van der Waals surface area contributed by atoms with E-state index in [0.717, 1.165) is 0 Å². The summed E-state index contributed by atoms with van der Waals surface area (Å²) < 4.78 is 0. The van der Waals surface area contributed by atoms with E-state index in [2.05, 4.69) is 0 Å². The Morgan fingerprint density at radius 3 is 0.154 bits per heavy atom. The fourth-order valence-corrected chi connectivity index (χ4v) is 0. The molecule has 0 bridgehead atoms. The summed E-state index contributed by atoms with van der Waals surface area (Å²) in [6.07, 6.45) is 0. The Kier molecular flexibility index (Phi) is 14900. The molecule has 0 nitrogen and oxygen atoms in total. The van der Waals surface area contributed by atoms with E-state index in [1.807, 2.05) is 0 Å². The second-order valence-corrected chi connectivity index (χ2v) is 0. The zero-order chi connectivity index (χ0) is 0. The molecule has 0 aromatic heterocycles. The van der Waals surface area contributed by atoms with Gasteiger partial charge < -0.3 is 0 Å². The van der Waals surface area contributed by atoms with Crippen LogP contribution in [0.1, 0.15) is 0 Å². The Morgan fingerprint density at radius 2 is 0.154 bits per heavy atom. The van der Waals surface area contributed by atoms with Gasteiger partial charge in [-0.1, -0.05) is 0 Å². The van der Waals surface area contributed by atoms with Crippen molar-refractivity contribution in [2.75, 3.05) is 0 Å². The molecule has 0 aromatic carbocycles. The monoisotopic (exact) mass is 159 g/mol. The fourth-order valence-electron chi connectivity index (χ4n) is 0. The molecule has 0 aliphatic heterocycles. The standard InChI is InChI=1S/12Be.V. The minimum Gasteiger partial charge on any atom is 0 e. The summed E-state index contributed by atoms with van der Waals surface area (Å²) >= 11 is 0. The summed E-state index contributed by atoms with van der Waals surface area (Å²) in [7, 11) is 0. The summed E-state index contributed by atoms with van der Waals surface area (Å²) in [5.74, 6) is 0. The van der Waals surface area contributed by atoms with E-state index in [4.69, 9.17) is 0 Å². The second-order valence-electron chi connectivity index (χ2n) is 0. The van der Waals surface area contributed by atoms with Gasteiger partial charge in [0.15, 0.2) is 0 Å². The molecule has 0 aliphatic rings. The Bertz CT molecular complexity index is 5.09. The van der Waals surface area contributed by atoms with Crippen LogP contribution in [0.2, 0.25) is 0 Å². The van der Waals surface area contributed by atoms with Crippen molar-refractivity contribution in [3.63, 3.8) is 0 Å². The summed E-state index contributed by atoms with van der Waals surface area (Å²) in [5.41, 5.74) is 0. The van der Waals surface area contributed by atoms with Crippen molar-refractivity contribution in [3.05, 3.63) is 0 Å². The average molecular weight is 159 g/mol. The fraction of sp³-hybridized carbons (Fsp3) is 0. The first-order valence-electron chi connectivity index (χ1n) is 0. The zero-order valence-corrected chi connectivity index (χ0v) is 10.3. The van der Waals surface area contributed by atoms with Crippen LogP contribution >= 0.6 is 0 Å². The van der Waals surface area contributed by atoms with Gasteiger partial charge in [-0.3, -0.25) is 0 Å². The van der Waals surface area contributed by atoms with E-state index < -0.39 is 0 Å². The van der Waals surface area contributed by atoms with Crippen molar-refractivity contribution in [1.29, 1.82) is 0 Å². The molecule has 0 aliphatic carbocycles. The van der Waals surface area contributed by atoms with Crippen molar-refractivity contribution in [2.45, 2.75) is 0 Å². The minimum atomic E-state index is 0. The average Bonchev–Trinajstić information content (AvgIpc) is 0. The van der Waals surface area contributed by atoms with Gasteiger partial charge in [0, 0.05) is 140 Å². The van der Waals surface area contributed by atoms with E-state index >= 15 is 0 Å². The topological polar surface area (TPSA) is 0 Å². The third-order valence-electron chi connectivity index (χ3n) is 0. The van der Waals surface area contributed by atoms with Crippen molar-refractivity contribution in [2.24, 2.45) is 0 Å². The smallest absolute Gasteiger partial charge is 0 e. The molecule has 0 heterocycles. The summed E-state index contributed by atoms with van der Waals surface area (Å²) in [5, 5.41) is 0. The SMILES string of the molecule is [Be].[Be].[Be].[Be].[Be].[Be].[Be].[Be].[Be].[Be].[Be].[Be].[V]. The Morgan fingerprint density at radius 1 is 0.154 bits per heavy atom. The number of rotatable bonds is 0. The van der Waals surface area contributed by atoms with Gasteiger partial charge >= 0.3 is 0 Å². The van der Waals surface area contributed by atoms with Gasteiger partial charge in [0.1, 0.15) is 0 Å². The maximum absolute atomic E-state index is 0. The van der Waals surface area contributed by atoms with Crippen LogP contribution in [0.4, 0.5) is 0 Å². The molecule has 0 N–H and O–H groups in total. The summed E-state index contributed by atoms with van der Waals surface area (Å²) in [6, 6.07) is 0. The van der Waals surface area contributed by atoms with Gasteiger partial charge in [-0.05, 0) is 0 Å².